The maximum atomic E-state index is 12.9. The van der Waals surface area contributed by atoms with Crippen LogP contribution in [0.5, 0.6) is 5.75 Å². The van der Waals surface area contributed by atoms with Crippen LogP contribution in [0.25, 0.3) is 11.0 Å². The molecule has 2 aromatic carbocycles. The standard InChI is InChI=1S/C25H29N3O3/c1-30-20-10-8-18(9-11-20)17-24(29)27-14-12-19(13-15-27)28-22-6-3-2-5-21(22)26-25(28)23-7-4-16-31-23/h2-3,5-6,8-11,19,23H,4,7,12-17H2,1H3. The van der Waals surface area contributed by atoms with Crippen LogP contribution in [-0.4, -0.2) is 47.2 Å². The highest BCUT2D eigenvalue weighted by atomic mass is 16.5. The zero-order valence-electron chi connectivity index (χ0n) is 18.0. The number of amides is 1. The molecule has 6 heteroatoms. The zero-order chi connectivity index (χ0) is 21.2. The lowest BCUT2D eigenvalue weighted by atomic mass is 10.0. The molecule has 2 fully saturated rings. The van der Waals surface area contributed by atoms with Gasteiger partial charge in [-0.05, 0) is 55.5 Å². The maximum absolute atomic E-state index is 12.9. The molecule has 1 atom stereocenters. The number of nitrogens with zero attached hydrogens (tertiary/aromatic N) is 3. The van der Waals surface area contributed by atoms with Crippen molar-refractivity contribution >= 4 is 16.9 Å². The van der Waals surface area contributed by atoms with Crippen LogP contribution < -0.4 is 4.74 Å². The maximum Gasteiger partial charge on any atom is 0.226 e. The average Bonchev–Trinajstić information content (AvgIpc) is 3.47. The van der Waals surface area contributed by atoms with Crippen LogP contribution in [0, 0.1) is 0 Å². The molecule has 0 spiro atoms. The van der Waals surface area contributed by atoms with Crippen LogP contribution in [-0.2, 0) is 16.0 Å². The van der Waals surface area contributed by atoms with Gasteiger partial charge < -0.3 is 18.9 Å². The molecule has 2 aliphatic rings. The van der Waals surface area contributed by atoms with Gasteiger partial charge in [0.15, 0.2) is 0 Å². The largest absolute Gasteiger partial charge is 0.497 e. The van der Waals surface area contributed by atoms with E-state index in [1.54, 1.807) is 7.11 Å². The second kappa shape index (κ2) is 8.71. The number of benzene rings is 2. The number of aromatic nitrogens is 2. The average molecular weight is 420 g/mol. The fourth-order valence-corrected chi connectivity index (χ4v) is 4.86. The van der Waals surface area contributed by atoms with Gasteiger partial charge in [0.05, 0.1) is 24.6 Å². The van der Waals surface area contributed by atoms with Crippen molar-refractivity contribution in [3.05, 3.63) is 59.9 Å². The van der Waals surface area contributed by atoms with E-state index in [4.69, 9.17) is 14.5 Å². The van der Waals surface area contributed by atoms with Gasteiger partial charge in [0.25, 0.3) is 0 Å². The van der Waals surface area contributed by atoms with E-state index in [0.717, 1.165) is 68.0 Å². The fourth-order valence-electron chi connectivity index (χ4n) is 4.86. The number of piperidine rings is 1. The van der Waals surface area contributed by atoms with Gasteiger partial charge in [0.2, 0.25) is 5.91 Å². The van der Waals surface area contributed by atoms with Gasteiger partial charge in [0.1, 0.15) is 17.7 Å². The van der Waals surface area contributed by atoms with E-state index in [9.17, 15) is 4.79 Å². The van der Waals surface area contributed by atoms with Crippen molar-refractivity contribution in [1.82, 2.24) is 14.5 Å². The summed E-state index contributed by atoms with van der Waals surface area (Å²) in [4.78, 5) is 19.8. The molecule has 2 aliphatic heterocycles. The number of imidazole rings is 1. The summed E-state index contributed by atoms with van der Waals surface area (Å²) in [6.45, 7) is 2.36. The summed E-state index contributed by atoms with van der Waals surface area (Å²) >= 11 is 0. The van der Waals surface area contributed by atoms with E-state index in [1.165, 1.54) is 5.52 Å². The molecule has 0 saturated carbocycles. The minimum atomic E-state index is 0.0853. The number of fused-ring (bicyclic) bond motifs is 1. The third-order valence-corrected chi connectivity index (χ3v) is 6.54. The molecule has 2 saturated heterocycles. The van der Waals surface area contributed by atoms with Crippen LogP contribution >= 0.6 is 0 Å². The van der Waals surface area contributed by atoms with E-state index >= 15 is 0 Å². The predicted octanol–water partition coefficient (Wildman–Crippen LogP) is 4.30. The number of hydrogen-bond donors (Lipinski definition) is 0. The summed E-state index contributed by atoms with van der Waals surface area (Å²) in [7, 11) is 1.65. The Hall–Kier alpha value is -2.86. The van der Waals surface area contributed by atoms with Crippen molar-refractivity contribution < 1.29 is 14.3 Å². The van der Waals surface area contributed by atoms with Crippen molar-refractivity contribution in [3.8, 4) is 5.75 Å². The molecule has 31 heavy (non-hydrogen) atoms. The Morgan fingerprint density at radius 2 is 1.87 bits per heavy atom. The highest BCUT2D eigenvalue weighted by molar-refractivity contribution is 5.79. The molecule has 0 bridgehead atoms. The second-order valence-corrected chi connectivity index (χ2v) is 8.47. The first-order valence-electron chi connectivity index (χ1n) is 11.2. The lowest BCUT2D eigenvalue weighted by molar-refractivity contribution is -0.131. The van der Waals surface area contributed by atoms with Crippen molar-refractivity contribution in [2.75, 3.05) is 26.8 Å². The van der Waals surface area contributed by atoms with Gasteiger partial charge in [-0.1, -0.05) is 24.3 Å². The lowest BCUT2D eigenvalue weighted by Crippen LogP contribution is -2.40. The smallest absolute Gasteiger partial charge is 0.226 e. The van der Waals surface area contributed by atoms with Crippen LogP contribution in [0.2, 0.25) is 0 Å². The molecule has 1 aromatic heterocycles. The molecule has 1 amide bonds. The van der Waals surface area contributed by atoms with Crippen LogP contribution in [0.1, 0.15) is 49.2 Å². The van der Waals surface area contributed by atoms with Crippen molar-refractivity contribution in [3.63, 3.8) is 0 Å². The minimum absolute atomic E-state index is 0.0853. The van der Waals surface area contributed by atoms with Gasteiger partial charge in [-0.15, -0.1) is 0 Å². The van der Waals surface area contributed by atoms with E-state index in [-0.39, 0.29) is 12.0 Å². The summed E-state index contributed by atoms with van der Waals surface area (Å²) < 4.78 is 13.6. The first-order valence-corrected chi connectivity index (χ1v) is 11.2. The molecule has 6 nitrogen and oxygen atoms in total. The minimum Gasteiger partial charge on any atom is -0.497 e. The molecule has 5 rings (SSSR count). The molecule has 0 radical (unpaired) electrons. The number of ether oxygens (including phenoxy) is 2. The molecule has 0 N–H and O–H groups in total. The Morgan fingerprint density at radius 1 is 1.10 bits per heavy atom. The number of para-hydroxylation sites is 2. The van der Waals surface area contributed by atoms with E-state index in [2.05, 4.69) is 22.8 Å². The number of carbonyl (C=O) groups is 1. The Balaban J connectivity index is 1.29. The van der Waals surface area contributed by atoms with E-state index < -0.39 is 0 Å². The van der Waals surface area contributed by atoms with Crippen LogP contribution in [0.3, 0.4) is 0 Å². The molecular formula is C25H29N3O3. The quantitative estimate of drug-likeness (QED) is 0.619. The van der Waals surface area contributed by atoms with Crippen molar-refractivity contribution in [2.45, 2.75) is 44.2 Å². The third kappa shape index (κ3) is 4.04. The summed E-state index contributed by atoms with van der Waals surface area (Å²) in [6.07, 6.45) is 4.52. The van der Waals surface area contributed by atoms with Crippen molar-refractivity contribution in [2.24, 2.45) is 0 Å². The predicted molar refractivity (Wildman–Crippen MR) is 119 cm³/mol. The molecule has 0 aliphatic carbocycles. The number of likely N-dealkylation sites (tertiary alicyclic amines) is 1. The highest BCUT2D eigenvalue weighted by Crippen LogP contribution is 2.35. The van der Waals surface area contributed by atoms with Gasteiger partial charge in [-0.25, -0.2) is 4.98 Å². The molecule has 3 heterocycles. The highest BCUT2D eigenvalue weighted by Gasteiger charge is 2.30. The summed E-state index contributed by atoms with van der Waals surface area (Å²) in [5.74, 6) is 2.06. The van der Waals surface area contributed by atoms with E-state index in [0.29, 0.717) is 12.5 Å². The molecule has 3 aromatic rings. The van der Waals surface area contributed by atoms with Gasteiger partial charge in [-0.2, -0.15) is 0 Å². The first kappa shape index (κ1) is 20.1. The SMILES string of the molecule is COc1ccc(CC(=O)N2CCC(n3c(C4CCCO4)nc4ccccc43)CC2)cc1. The third-order valence-electron chi connectivity index (χ3n) is 6.54. The number of methoxy groups -OCH3 is 1. The Morgan fingerprint density at radius 3 is 2.58 bits per heavy atom. The number of hydrogen-bond acceptors (Lipinski definition) is 4. The number of carbonyl (C=O) groups excluding carboxylic acids is 1. The lowest BCUT2D eigenvalue weighted by Gasteiger charge is -2.34. The van der Waals surface area contributed by atoms with Gasteiger partial charge in [0, 0.05) is 25.7 Å². The molecule has 1 unspecified atom stereocenters. The topological polar surface area (TPSA) is 56.6 Å². The van der Waals surface area contributed by atoms with Crippen LogP contribution in [0.4, 0.5) is 0 Å². The summed E-state index contributed by atoms with van der Waals surface area (Å²) in [6, 6.07) is 16.4. The Bertz CT molecular complexity index is 1050. The molecular weight excluding hydrogens is 390 g/mol. The monoisotopic (exact) mass is 419 g/mol. The first-order chi connectivity index (χ1) is 15.2. The van der Waals surface area contributed by atoms with Crippen molar-refractivity contribution in [1.29, 1.82) is 0 Å². The zero-order valence-corrected chi connectivity index (χ0v) is 18.0. The normalized spacial score (nSPS) is 19.8. The molecule has 162 valence electrons. The second-order valence-electron chi connectivity index (χ2n) is 8.47. The summed E-state index contributed by atoms with van der Waals surface area (Å²) in [5.41, 5.74) is 3.23. The Kier molecular flexibility index (Phi) is 5.64. The van der Waals surface area contributed by atoms with Crippen LogP contribution in [0.15, 0.2) is 48.5 Å². The Labute approximate surface area is 182 Å². The fraction of sp³-hybridized carbons (Fsp3) is 0.440. The van der Waals surface area contributed by atoms with Gasteiger partial charge in [-0.3, -0.25) is 4.79 Å². The van der Waals surface area contributed by atoms with Gasteiger partial charge >= 0.3 is 0 Å². The summed E-state index contributed by atoms with van der Waals surface area (Å²) in [5, 5.41) is 0. The van der Waals surface area contributed by atoms with E-state index in [1.807, 2.05) is 35.2 Å². The number of rotatable bonds is 5.